The van der Waals surface area contributed by atoms with Gasteiger partial charge in [-0.25, -0.2) is 12.8 Å². The summed E-state index contributed by atoms with van der Waals surface area (Å²) in [4.78, 5) is 13.3. The third-order valence-electron chi connectivity index (χ3n) is 7.04. The van der Waals surface area contributed by atoms with Crippen LogP contribution in [0.1, 0.15) is 60.5 Å². The van der Waals surface area contributed by atoms with Crippen molar-refractivity contribution in [2.75, 3.05) is 17.1 Å². The van der Waals surface area contributed by atoms with Gasteiger partial charge in [0.05, 0.1) is 30.2 Å². The Morgan fingerprint density at radius 2 is 1.81 bits per heavy atom. The first-order valence-corrected chi connectivity index (χ1v) is 15.7. The molecule has 3 aromatic carbocycles. The molecule has 1 aliphatic rings. The standard InChI is InChI=1S/C33H35FN2O5S/c1-21(2)35-33(37)31-28-17-27(24-9-10-24)29(18-30(28)41-32(31)25-11-13-26(34)14-12-25)36-42(38,39)16-15-22(3)19-40-20-23-7-5-4-6-8-23/h4-8,11-14,17-18,21,24,36H,3,9-10,15-16,19-20H2,1-2H3,(H,35,37). The number of carbonyl (C=O) groups excluding carboxylic acids is 1. The Labute approximate surface area is 245 Å². The molecule has 1 amide bonds. The molecule has 1 fully saturated rings. The number of rotatable bonds is 13. The van der Waals surface area contributed by atoms with Gasteiger partial charge in [0.25, 0.3) is 5.91 Å². The number of benzene rings is 3. The maximum atomic E-state index is 13.7. The van der Waals surface area contributed by atoms with Gasteiger partial charge in [-0.1, -0.05) is 42.5 Å². The number of halogens is 1. The van der Waals surface area contributed by atoms with Crippen molar-refractivity contribution in [1.29, 1.82) is 0 Å². The van der Waals surface area contributed by atoms with Crippen LogP contribution in [-0.4, -0.2) is 32.7 Å². The number of ether oxygens (including phenoxy) is 1. The van der Waals surface area contributed by atoms with E-state index in [1.165, 1.54) is 12.1 Å². The van der Waals surface area contributed by atoms with Gasteiger partial charge in [0.1, 0.15) is 17.2 Å². The molecule has 5 rings (SSSR count). The van der Waals surface area contributed by atoms with Crippen molar-refractivity contribution in [1.82, 2.24) is 5.32 Å². The van der Waals surface area contributed by atoms with Crippen LogP contribution in [0.5, 0.6) is 0 Å². The molecule has 7 nitrogen and oxygen atoms in total. The lowest BCUT2D eigenvalue weighted by Crippen LogP contribution is -2.30. The van der Waals surface area contributed by atoms with Crippen molar-refractivity contribution in [2.24, 2.45) is 0 Å². The predicted octanol–water partition coefficient (Wildman–Crippen LogP) is 7.16. The summed E-state index contributed by atoms with van der Waals surface area (Å²) in [6.45, 7) is 8.41. The van der Waals surface area contributed by atoms with E-state index in [0.717, 1.165) is 24.0 Å². The van der Waals surface area contributed by atoms with Crippen LogP contribution < -0.4 is 10.0 Å². The van der Waals surface area contributed by atoms with E-state index in [1.54, 1.807) is 18.2 Å². The molecule has 220 valence electrons. The second-order valence-electron chi connectivity index (χ2n) is 11.1. The van der Waals surface area contributed by atoms with Crippen molar-refractivity contribution in [3.63, 3.8) is 0 Å². The van der Waals surface area contributed by atoms with Gasteiger partial charge in [-0.2, -0.15) is 0 Å². The predicted molar refractivity (Wildman–Crippen MR) is 163 cm³/mol. The maximum absolute atomic E-state index is 13.7. The zero-order chi connectivity index (χ0) is 29.9. The third kappa shape index (κ3) is 7.27. The Bertz CT molecular complexity index is 1690. The first kappa shape index (κ1) is 29.5. The van der Waals surface area contributed by atoms with Crippen LogP contribution in [-0.2, 0) is 21.4 Å². The average molecular weight is 591 g/mol. The molecular weight excluding hydrogens is 555 g/mol. The molecule has 1 aromatic heterocycles. The van der Waals surface area contributed by atoms with Gasteiger partial charge in [-0.05, 0) is 80.5 Å². The Morgan fingerprint density at radius 3 is 2.48 bits per heavy atom. The Hall–Kier alpha value is -3.95. The fraction of sp³-hybridized carbons (Fsp3) is 0.303. The Balaban J connectivity index is 1.38. The van der Waals surface area contributed by atoms with Crippen LogP contribution in [0.4, 0.5) is 10.1 Å². The number of hydrogen-bond donors (Lipinski definition) is 2. The molecule has 2 N–H and O–H groups in total. The van der Waals surface area contributed by atoms with Gasteiger partial charge >= 0.3 is 0 Å². The molecular formula is C33H35FN2O5S. The van der Waals surface area contributed by atoms with Crippen molar-refractivity contribution in [2.45, 2.75) is 51.7 Å². The summed E-state index contributed by atoms with van der Waals surface area (Å²) in [5, 5.41) is 3.51. The van der Waals surface area contributed by atoms with Gasteiger partial charge in [0.15, 0.2) is 0 Å². The monoisotopic (exact) mass is 590 g/mol. The highest BCUT2D eigenvalue weighted by Crippen LogP contribution is 2.47. The Kier molecular flexibility index (Phi) is 8.80. The topological polar surface area (TPSA) is 97.6 Å². The fourth-order valence-corrected chi connectivity index (χ4v) is 5.97. The van der Waals surface area contributed by atoms with E-state index in [4.69, 9.17) is 9.15 Å². The average Bonchev–Trinajstić information content (AvgIpc) is 3.72. The zero-order valence-electron chi connectivity index (χ0n) is 23.8. The fourth-order valence-electron chi connectivity index (χ4n) is 4.80. The molecule has 0 saturated heterocycles. The van der Waals surface area contributed by atoms with Gasteiger partial charge in [0.2, 0.25) is 10.0 Å². The summed E-state index contributed by atoms with van der Waals surface area (Å²) in [6, 6.07) is 18.9. The van der Waals surface area contributed by atoms with E-state index >= 15 is 0 Å². The highest BCUT2D eigenvalue weighted by atomic mass is 32.2. The molecule has 0 radical (unpaired) electrons. The second-order valence-corrected chi connectivity index (χ2v) is 12.9. The number of furan rings is 1. The van der Waals surface area contributed by atoms with Gasteiger partial charge in [-0.3, -0.25) is 9.52 Å². The van der Waals surface area contributed by atoms with Crippen molar-refractivity contribution in [3.8, 4) is 11.3 Å². The lowest BCUT2D eigenvalue weighted by atomic mass is 10.0. The number of carbonyl (C=O) groups is 1. The number of nitrogens with one attached hydrogen (secondary N) is 2. The number of hydrogen-bond acceptors (Lipinski definition) is 5. The Morgan fingerprint density at radius 1 is 1.10 bits per heavy atom. The van der Waals surface area contributed by atoms with Gasteiger partial charge in [0, 0.05) is 23.1 Å². The molecule has 0 spiro atoms. The van der Waals surface area contributed by atoms with Gasteiger partial charge in [-0.15, -0.1) is 0 Å². The zero-order valence-corrected chi connectivity index (χ0v) is 24.6. The molecule has 9 heteroatoms. The summed E-state index contributed by atoms with van der Waals surface area (Å²) >= 11 is 0. The van der Waals surface area contributed by atoms with Crippen LogP contribution >= 0.6 is 0 Å². The summed E-state index contributed by atoms with van der Waals surface area (Å²) in [7, 11) is -3.73. The second kappa shape index (κ2) is 12.5. The first-order chi connectivity index (χ1) is 20.1. The molecule has 42 heavy (non-hydrogen) atoms. The first-order valence-electron chi connectivity index (χ1n) is 14.1. The van der Waals surface area contributed by atoms with Crippen LogP contribution in [0.15, 0.2) is 83.3 Å². The highest BCUT2D eigenvalue weighted by Gasteiger charge is 2.31. The highest BCUT2D eigenvalue weighted by molar-refractivity contribution is 7.92. The largest absolute Gasteiger partial charge is 0.455 e. The van der Waals surface area contributed by atoms with Crippen molar-refractivity contribution in [3.05, 3.63) is 101 Å². The molecule has 0 bridgehead atoms. The smallest absolute Gasteiger partial charge is 0.256 e. The SMILES string of the molecule is C=C(CCS(=O)(=O)Nc1cc2oc(-c3ccc(F)cc3)c(C(=O)NC(C)C)c2cc1C1CC1)COCc1ccccc1. The molecule has 4 aromatic rings. The maximum Gasteiger partial charge on any atom is 0.256 e. The molecule has 1 heterocycles. The normalized spacial score (nSPS) is 13.4. The van der Waals surface area contributed by atoms with E-state index in [1.807, 2.05) is 50.2 Å². The van der Waals surface area contributed by atoms with Crippen LogP contribution in [0.3, 0.4) is 0 Å². The van der Waals surface area contributed by atoms with Crippen LogP contribution in [0.2, 0.25) is 0 Å². The minimum Gasteiger partial charge on any atom is -0.455 e. The lowest BCUT2D eigenvalue weighted by molar-refractivity contribution is 0.0944. The van der Waals surface area contributed by atoms with E-state index in [2.05, 4.69) is 16.6 Å². The molecule has 0 atom stereocenters. The molecule has 0 unspecified atom stereocenters. The minimum absolute atomic E-state index is 0.115. The van der Waals surface area contributed by atoms with Crippen molar-refractivity contribution >= 4 is 32.6 Å². The van der Waals surface area contributed by atoms with E-state index in [-0.39, 0.29) is 36.6 Å². The number of fused-ring (bicyclic) bond motifs is 1. The number of amides is 1. The number of sulfonamides is 1. The minimum atomic E-state index is -3.73. The summed E-state index contributed by atoms with van der Waals surface area (Å²) < 4.78 is 54.6. The van der Waals surface area contributed by atoms with E-state index in [0.29, 0.717) is 45.7 Å². The summed E-state index contributed by atoms with van der Waals surface area (Å²) in [5.41, 5.74) is 4.23. The quantitative estimate of drug-likeness (QED) is 0.161. The third-order valence-corrected chi connectivity index (χ3v) is 8.31. The summed E-state index contributed by atoms with van der Waals surface area (Å²) in [6.07, 6.45) is 2.10. The number of anilines is 1. The molecule has 1 aliphatic carbocycles. The molecule has 0 aliphatic heterocycles. The van der Waals surface area contributed by atoms with Gasteiger partial charge < -0.3 is 14.5 Å². The molecule has 1 saturated carbocycles. The van der Waals surface area contributed by atoms with E-state index in [9.17, 15) is 17.6 Å². The lowest BCUT2D eigenvalue weighted by Gasteiger charge is -2.14. The van der Waals surface area contributed by atoms with Crippen LogP contribution in [0.25, 0.3) is 22.3 Å². The summed E-state index contributed by atoms with van der Waals surface area (Å²) in [5.74, 6) is -0.383. The van der Waals surface area contributed by atoms with E-state index < -0.39 is 15.8 Å². The van der Waals surface area contributed by atoms with Crippen molar-refractivity contribution < 1.29 is 26.8 Å². The van der Waals surface area contributed by atoms with Crippen LogP contribution in [0, 0.1) is 5.82 Å².